The second-order valence-electron chi connectivity index (χ2n) is 5.35. The van der Waals surface area contributed by atoms with Gasteiger partial charge in [0, 0.05) is 17.0 Å². The second kappa shape index (κ2) is 7.89. The van der Waals surface area contributed by atoms with Crippen LogP contribution in [0.2, 0.25) is 0 Å². The molecule has 0 amide bonds. The van der Waals surface area contributed by atoms with Gasteiger partial charge in [0.15, 0.2) is 6.04 Å². The lowest BCUT2D eigenvalue weighted by atomic mass is 9.97. The van der Waals surface area contributed by atoms with Crippen LogP contribution in [0.3, 0.4) is 0 Å². The first-order valence-corrected chi connectivity index (χ1v) is 7.37. The zero-order chi connectivity index (χ0) is 18.4. The van der Waals surface area contributed by atoms with Crippen molar-refractivity contribution in [2.75, 3.05) is 0 Å². The van der Waals surface area contributed by atoms with E-state index in [0.29, 0.717) is 5.56 Å². The van der Waals surface area contributed by atoms with Gasteiger partial charge in [0.2, 0.25) is 5.78 Å². The summed E-state index contributed by atoms with van der Waals surface area (Å²) < 4.78 is 40.2. The lowest BCUT2D eigenvalue weighted by Gasteiger charge is -2.24. The van der Waals surface area contributed by atoms with Crippen LogP contribution in [0, 0.1) is 10.1 Å². The molecule has 0 heterocycles. The van der Waals surface area contributed by atoms with E-state index in [1.165, 1.54) is 24.3 Å². The average Bonchev–Trinajstić information content (AvgIpc) is 2.58. The van der Waals surface area contributed by atoms with Crippen LogP contribution in [0.4, 0.5) is 13.2 Å². The topological polar surface area (TPSA) is 72.2 Å². The second-order valence-corrected chi connectivity index (χ2v) is 5.35. The summed E-state index contributed by atoms with van der Waals surface area (Å²) in [4.78, 5) is 22.4. The maximum atomic E-state index is 13.4. The third kappa shape index (κ3) is 4.87. The molecule has 0 saturated carbocycles. The van der Waals surface area contributed by atoms with Gasteiger partial charge in [0.05, 0.1) is 0 Å². The molecular formula is C17H15F3N2O3. The van der Waals surface area contributed by atoms with Gasteiger partial charge in [0.25, 0.3) is 6.04 Å². The number of benzene rings is 2. The van der Waals surface area contributed by atoms with Gasteiger partial charge in [-0.3, -0.25) is 20.2 Å². The Bertz CT molecular complexity index is 721. The minimum absolute atomic E-state index is 0.139. The Hall–Kier alpha value is -2.74. The fourth-order valence-corrected chi connectivity index (χ4v) is 2.37. The number of alkyl halides is 3. The summed E-state index contributed by atoms with van der Waals surface area (Å²) in [6.07, 6.45) is -4.96. The molecule has 0 spiro atoms. The molecule has 132 valence electrons. The molecule has 2 rings (SSSR count). The van der Waals surface area contributed by atoms with Crippen LogP contribution in [-0.2, 0) is 6.54 Å². The van der Waals surface area contributed by atoms with Crippen LogP contribution < -0.4 is 5.32 Å². The number of carbonyl (C=O) groups is 1. The summed E-state index contributed by atoms with van der Waals surface area (Å²) in [5, 5.41) is 13.4. The van der Waals surface area contributed by atoms with Crippen molar-refractivity contribution >= 4 is 5.78 Å². The van der Waals surface area contributed by atoms with Crippen LogP contribution >= 0.6 is 0 Å². The lowest BCUT2D eigenvalue weighted by Crippen LogP contribution is -2.56. The smallest absolute Gasteiger partial charge is 0.296 e. The molecule has 0 aliphatic heterocycles. The van der Waals surface area contributed by atoms with Gasteiger partial charge in [-0.2, -0.15) is 13.2 Å². The number of carbonyl (C=O) groups excluding carboxylic acids is 1. The van der Waals surface area contributed by atoms with Crippen LogP contribution in [0.5, 0.6) is 0 Å². The fraction of sp³-hybridized carbons (Fsp3) is 0.235. The van der Waals surface area contributed by atoms with E-state index in [4.69, 9.17) is 0 Å². The van der Waals surface area contributed by atoms with Crippen molar-refractivity contribution in [3.8, 4) is 0 Å². The number of halogens is 3. The standard InChI is InChI=1S/C17H15F3N2O3/c18-17(19,20)16(21-11-12-7-3-1-4-8-12)14(22(24)25)15(23)13-9-5-2-6-10-13/h1-10,14,16,21H,11H2/t14-,16-/m0/s1. The maximum Gasteiger partial charge on any atom is 0.411 e. The normalized spacial score (nSPS) is 13.9. The van der Waals surface area contributed by atoms with E-state index in [1.807, 2.05) is 0 Å². The Morgan fingerprint density at radius 2 is 1.56 bits per heavy atom. The highest BCUT2D eigenvalue weighted by Crippen LogP contribution is 2.26. The first-order chi connectivity index (χ1) is 11.8. The monoisotopic (exact) mass is 352 g/mol. The molecule has 0 bridgehead atoms. The number of nitro groups is 1. The lowest BCUT2D eigenvalue weighted by molar-refractivity contribution is -0.517. The predicted octanol–water partition coefficient (Wildman–Crippen LogP) is 3.24. The molecular weight excluding hydrogens is 337 g/mol. The molecule has 0 aliphatic carbocycles. The Morgan fingerprint density at radius 1 is 1.04 bits per heavy atom. The van der Waals surface area contributed by atoms with Gasteiger partial charge in [0.1, 0.15) is 0 Å². The van der Waals surface area contributed by atoms with Crippen molar-refractivity contribution in [1.29, 1.82) is 0 Å². The highest BCUT2D eigenvalue weighted by Gasteiger charge is 2.54. The van der Waals surface area contributed by atoms with Crippen LogP contribution in [-0.4, -0.2) is 29.0 Å². The summed E-state index contributed by atoms with van der Waals surface area (Å²) in [7, 11) is 0. The third-order valence-electron chi connectivity index (χ3n) is 3.59. The highest BCUT2D eigenvalue weighted by atomic mass is 19.4. The fourth-order valence-electron chi connectivity index (χ4n) is 2.37. The van der Waals surface area contributed by atoms with E-state index in [1.54, 1.807) is 36.4 Å². The van der Waals surface area contributed by atoms with Crippen LogP contribution in [0.1, 0.15) is 15.9 Å². The molecule has 2 atom stereocenters. The number of nitrogens with zero attached hydrogens (tertiary/aromatic N) is 1. The minimum Gasteiger partial charge on any atom is -0.296 e. The summed E-state index contributed by atoms with van der Waals surface area (Å²) in [5.74, 6) is -1.19. The van der Waals surface area contributed by atoms with Crippen molar-refractivity contribution in [1.82, 2.24) is 5.32 Å². The van der Waals surface area contributed by atoms with E-state index < -0.39 is 29.0 Å². The molecule has 8 heteroatoms. The SMILES string of the molecule is O=C(c1ccccc1)[C@@H]([C@H](NCc1ccccc1)C(F)(F)F)[N+](=O)[O-]. The number of hydrogen-bond donors (Lipinski definition) is 1. The van der Waals surface area contributed by atoms with Gasteiger partial charge in [-0.15, -0.1) is 0 Å². The van der Waals surface area contributed by atoms with Crippen LogP contribution in [0.15, 0.2) is 60.7 Å². The molecule has 25 heavy (non-hydrogen) atoms. The number of rotatable bonds is 7. The van der Waals surface area contributed by atoms with Gasteiger partial charge in [-0.05, 0) is 5.56 Å². The Balaban J connectivity index is 2.29. The summed E-state index contributed by atoms with van der Waals surface area (Å²) in [5.41, 5.74) is 0.381. The van der Waals surface area contributed by atoms with E-state index in [9.17, 15) is 28.1 Å². The van der Waals surface area contributed by atoms with Gasteiger partial charge in [-0.1, -0.05) is 60.7 Å². The summed E-state index contributed by atoms with van der Waals surface area (Å²) in [6.45, 7) is -0.253. The zero-order valence-electron chi connectivity index (χ0n) is 12.9. The van der Waals surface area contributed by atoms with Crippen molar-refractivity contribution in [2.45, 2.75) is 24.8 Å². The molecule has 0 aliphatic rings. The van der Waals surface area contributed by atoms with Crippen LogP contribution in [0.25, 0.3) is 0 Å². The van der Waals surface area contributed by atoms with Gasteiger partial charge in [-0.25, -0.2) is 0 Å². The maximum absolute atomic E-state index is 13.4. The molecule has 5 nitrogen and oxygen atoms in total. The minimum atomic E-state index is -4.96. The Kier molecular flexibility index (Phi) is 5.87. The number of hydrogen-bond acceptors (Lipinski definition) is 4. The van der Waals surface area contributed by atoms with E-state index in [-0.39, 0.29) is 12.1 Å². The van der Waals surface area contributed by atoms with Crippen molar-refractivity contribution in [3.05, 3.63) is 81.9 Å². The quantitative estimate of drug-likeness (QED) is 0.472. The first kappa shape index (κ1) is 18.6. The number of nitrogens with one attached hydrogen (secondary N) is 1. The van der Waals surface area contributed by atoms with Crippen molar-refractivity contribution < 1.29 is 22.9 Å². The highest BCUT2D eigenvalue weighted by molar-refractivity contribution is 5.99. The third-order valence-corrected chi connectivity index (χ3v) is 3.59. The van der Waals surface area contributed by atoms with Crippen molar-refractivity contribution in [3.63, 3.8) is 0 Å². The predicted molar refractivity (Wildman–Crippen MR) is 84.7 cm³/mol. The number of Topliss-reactive ketones (excluding diaryl/α,β-unsaturated/α-hetero) is 1. The average molecular weight is 352 g/mol. The van der Waals surface area contributed by atoms with E-state index in [2.05, 4.69) is 5.32 Å². The molecule has 0 unspecified atom stereocenters. The first-order valence-electron chi connectivity index (χ1n) is 7.37. The summed E-state index contributed by atoms with van der Waals surface area (Å²) in [6, 6.07) is 10.0. The molecule has 2 aromatic rings. The summed E-state index contributed by atoms with van der Waals surface area (Å²) >= 11 is 0. The number of ketones is 1. The molecule has 0 saturated heterocycles. The molecule has 0 aromatic heterocycles. The van der Waals surface area contributed by atoms with E-state index in [0.717, 1.165) is 0 Å². The van der Waals surface area contributed by atoms with Gasteiger partial charge >= 0.3 is 6.18 Å². The molecule has 2 aromatic carbocycles. The Morgan fingerprint density at radius 3 is 2.04 bits per heavy atom. The molecule has 0 fully saturated rings. The zero-order valence-corrected chi connectivity index (χ0v) is 12.9. The molecule has 1 N–H and O–H groups in total. The van der Waals surface area contributed by atoms with E-state index >= 15 is 0 Å². The largest absolute Gasteiger partial charge is 0.411 e. The van der Waals surface area contributed by atoms with Gasteiger partial charge < -0.3 is 0 Å². The van der Waals surface area contributed by atoms with Crippen molar-refractivity contribution in [2.24, 2.45) is 0 Å². The Labute approximate surface area is 141 Å². The molecule has 0 radical (unpaired) electrons.